The Morgan fingerprint density at radius 2 is 1.53 bits per heavy atom. The summed E-state index contributed by atoms with van der Waals surface area (Å²) in [5, 5.41) is 29.5. The number of allylic oxidation sites excluding steroid dienone is 1. The maximum Gasteiger partial charge on any atom is 0.0789 e. The number of ether oxygens (including phenoxy) is 1. The van der Waals surface area contributed by atoms with Crippen LogP contribution in [0.5, 0.6) is 0 Å². The number of aliphatic hydroxyl groups excluding tert-OH is 2. The Morgan fingerprint density at radius 3 is 2.18 bits per heavy atom. The smallest absolute Gasteiger partial charge is 0.0789 e. The van der Waals surface area contributed by atoms with Crippen LogP contribution in [0.3, 0.4) is 0 Å². The molecule has 4 saturated carbocycles. The van der Waals surface area contributed by atoms with E-state index < -0.39 is 5.60 Å². The first-order chi connectivity index (χ1) is 15.8. The van der Waals surface area contributed by atoms with Gasteiger partial charge in [-0.05, 0) is 106 Å². The first-order valence-electron chi connectivity index (χ1n) is 14.0. The highest BCUT2D eigenvalue weighted by atomic mass is 16.5. The van der Waals surface area contributed by atoms with Crippen LogP contribution >= 0.6 is 0 Å². The average Bonchev–Trinajstić information content (AvgIpc) is 3.12. The van der Waals surface area contributed by atoms with E-state index in [1.165, 1.54) is 37.7 Å². The highest BCUT2D eigenvalue weighted by molar-refractivity contribution is 5.17. The molecule has 4 aliphatic carbocycles. The zero-order valence-electron chi connectivity index (χ0n) is 23.1. The number of rotatable bonds is 1. The summed E-state index contributed by atoms with van der Waals surface area (Å²) in [6, 6.07) is 0. The Balaban J connectivity index is 0.00000133. The second kappa shape index (κ2) is 8.85. The molecule has 3 N–H and O–H groups in total. The molecule has 0 radical (unpaired) electrons. The van der Waals surface area contributed by atoms with Gasteiger partial charge >= 0.3 is 0 Å². The van der Waals surface area contributed by atoms with Crippen molar-refractivity contribution in [2.75, 3.05) is 7.11 Å². The lowest BCUT2D eigenvalue weighted by Crippen LogP contribution is -2.61. The summed E-state index contributed by atoms with van der Waals surface area (Å²) in [7, 11) is 1.00. The molecule has 5 rings (SSSR count). The van der Waals surface area contributed by atoms with E-state index in [9.17, 15) is 10.2 Å². The Morgan fingerprint density at radius 1 is 0.882 bits per heavy atom. The lowest BCUT2D eigenvalue weighted by atomic mass is 9.38. The molecule has 34 heavy (non-hydrogen) atoms. The molecule has 0 aromatic rings. The van der Waals surface area contributed by atoms with Crippen LogP contribution in [-0.2, 0) is 4.74 Å². The Bertz CT molecular complexity index is 783. The lowest BCUT2D eigenvalue weighted by molar-refractivity contribution is -0.204. The predicted octanol–water partition coefficient (Wildman–Crippen LogP) is 5.74. The molecule has 196 valence electrons. The van der Waals surface area contributed by atoms with Crippen molar-refractivity contribution in [1.82, 2.24) is 0 Å². The van der Waals surface area contributed by atoms with E-state index in [-0.39, 0.29) is 29.6 Å². The zero-order chi connectivity index (χ0) is 25.3. The molecule has 0 amide bonds. The third-order valence-electron chi connectivity index (χ3n) is 11.8. The second-order valence-electron chi connectivity index (χ2n) is 14.2. The van der Waals surface area contributed by atoms with Crippen molar-refractivity contribution >= 4 is 0 Å². The van der Waals surface area contributed by atoms with E-state index >= 15 is 0 Å². The van der Waals surface area contributed by atoms with Gasteiger partial charge in [0.15, 0.2) is 0 Å². The Labute approximate surface area is 208 Å². The van der Waals surface area contributed by atoms with Crippen molar-refractivity contribution < 1.29 is 20.1 Å². The summed E-state index contributed by atoms with van der Waals surface area (Å²) in [5.41, 5.74) is 1.30. The molecule has 5 aliphatic rings. The normalized spacial score (nSPS) is 53.3. The molecule has 4 nitrogen and oxygen atoms in total. The van der Waals surface area contributed by atoms with Crippen LogP contribution in [0.2, 0.25) is 0 Å². The lowest BCUT2D eigenvalue weighted by Gasteiger charge is -2.67. The SMILES string of the molecule is CC(C)=CC1C[C@](C)(O)C2C(CC3C2CCC2[C@@]3(C)CCC3C(C)(C)C(O)CC[C@@]32C)O1.CO. The molecule has 0 bridgehead atoms. The van der Waals surface area contributed by atoms with Gasteiger partial charge in [-0.2, -0.15) is 0 Å². The molecule has 1 aliphatic heterocycles. The standard InChI is InChI=1S/C29H48O3.CH4O/c1-17(2)14-18-16-29(7,31)25-19-8-9-23-27(5,20(19)15-21(25)32-18)12-10-22-26(3,4)24(30)11-13-28(22,23)6;1-2/h14,18-25,30-31H,8-13,15-16H2,1-7H3;2H,1H3/t18?,19?,20?,21?,22?,23?,24?,25?,27-,28-,29-;/m0./s1. The quantitative estimate of drug-likeness (QED) is 0.422. The monoisotopic (exact) mass is 476 g/mol. The van der Waals surface area contributed by atoms with Crippen molar-refractivity contribution in [2.24, 2.45) is 45.8 Å². The van der Waals surface area contributed by atoms with Gasteiger partial charge < -0.3 is 20.1 Å². The van der Waals surface area contributed by atoms with Crippen LogP contribution in [0.1, 0.15) is 99.8 Å². The molecule has 0 aromatic heterocycles. The molecule has 4 heteroatoms. The van der Waals surface area contributed by atoms with Gasteiger partial charge in [0.1, 0.15) is 0 Å². The average molecular weight is 477 g/mol. The molecular formula is C30H52O4. The van der Waals surface area contributed by atoms with Crippen LogP contribution in [-0.4, -0.2) is 46.3 Å². The first-order valence-corrected chi connectivity index (χ1v) is 14.0. The minimum Gasteiger partial charge on any atom is -0.400 e. The molecule has 11 atom stereocenters. The van der Waals surface area contributed by atoms with Gasteiger partial charge in [-0.15, -0.1) is 0 Å². The van der Waals surface area contributed by atoms with E-state index in [1.807, 2.05) is 0 Å². The largest absolute Gasteiger partial charge is 0.400 e. The summed E-state index contributed by atoms with van der Waals surface area (Å²) in [6.07, 6.45) is 11.3. The van der Waals surface area contributed by atoms with Gasteiger partial charge in [0.05, 0.1) is 23.9 Å². The number of aliphatic hydroxyl groups is 3. The maximum absolute atomic E-state index is 11.6. The van der Waals surface area contributed by atoms with Gasteiger partial charge in [-0.3, -0.25) is 0 Å². The summed E-state index contributed by atoms with van der Waals surface area (Å²) >= 11 is 0. The summed E-state index contributed by atoms with van der Waals surface area (Å²) < 4.78 is 6.68. The van der Waals surface area contributed by atoms with Crippen LogP contribution in [0.4, 0.5) is 0 Å². The topological polar surface area (TPSA) is 69.9 Å². The zero-order valence-corrected chi connectivity index (χ0v) is 23.1. The first kappa shape index (κ1) is 26.6. The molecule has 0 spiro atoms. The Kier molecular flexibility index (Phi) is 6.94. The molecule has 1 saturated heterocycles. The highest BCUT2D eigenvalue weighted by Crippen LogP contribution is 2.72. The maximum atomic E-state index is 11.6. The highest BCUT2D eigenvalue weighted by Gasteiger charge is 2.67. The molecule has 5 fully saturated rings. The van der Waals surface area contributed by atoms with E-state index in [2.05, 4.69) is 54.5 Å². The van der Waals surface area contributed by atoms with Crippen LogP contribution < -0.4 is 0 Å². The van der Waals surface area contributed by atoms with Crippen LogP contribution in [0.25, 0.3) is 0 Å². The van der Waals surface area contributed by atoms with Crippen LogP contribution in [0, 0.1) is 45.8 Å². The summed E-state index contributed by atoms with van der Waals surface area (Å²) in [5.74, 6) is 2.85. The van der Waals surface area contributed by atoms with Crippen molar-refractivity contribution in [1.29, 1.82) is 0 Å². The Hall–Kier alpha value is -0.420. The van der Waals surface area contributed by atoms with Crippen molar-refractivity contribution in [2.45, 2.75) is 124 Å². The van der Waals surface area contributed by atoms with Crippen molar-refractivity contribution in [3.05, 3.63) is 11.6 Å². The van der Waals surface area contributed by atoms with E-state index in [4.69, 9.17) is 9.84 Å². The van der Waals surface area contributed by atoms with E-state index in [0.717, 1.165) is 32.3 Å². The fourth-order valence-corrected chi connectivity index (χ4v) is 10.6. The molecular weight excluding hydrogens is 424 g/mol. The third kappa shape index (κ3) is 3.85. The van der Waals surface area contributed by atoms with Crippen LogP contribution in [0.15, 0.2) is 11.6 Å². The van der Waals surface area contributed by atoms with Crippen molar-refractivity contribution in [3.8, 4) is 0 Å². The van der Waals surface area contributed by atoms with Gasteiger partial charge in [-0.25, -0.2) is 0 Å². The predicted molar refractivity (Wildman–Crippen MR) is 137 cm³/mol. The summed E-state index contributed by atoms with van der Waals surface area (Å²) in [6.45, 7) is 16.2. The van der Waals surface area contributed by atoms with Crippen molar-refractivity contribution in [3.63, 3.8) is 0 Å². The third-order valence-corrected chi connectivity index (χ3v) is 11.8. The number of hydrogen-bond donors (Lipinski definition) is 3. The van der Waals surface area contributed by atoms with Gasteiger partial charge in [0.2, 0.25) is 0 Å². The minimum atomic E-state index is -0.639. The van der Waals surface area contributed by atoms with E-state index in [1.54, 1.807) is 0 Å². The minimum absolute atomic E-state index is 0.0131. The number of fused-ring (bicyclic) bond motifs is 7. The molecule has 8 unspecified atom stereocenters. The van der Waals surface area contributed by atoms with Gasteiger partial charge in [0.25, 0.3) is 0 Å². The van der Waals surface area contributed by atoms with Gasteiger partial charge in [-0.1, -0.05) is 39.3 Å². The second-order valence-corrected chi connectivity index (χ2v) is 14.2. The summed E-state index contributed by atoms with van der Waals surface area (Å²) in [4.78, 5) is 0. The molecule has 0 aromatic carbocycles. The number of hydrogen-bond acceptors (Lipinski definition) is 4. The fourth-order valence-electron chi connectivity index (χ4n) is 10.6. The van der Waals surface area contributed by atoms with Gasteiger partial charge in [0, 0.05) is 19.4 Å². The fraction of sp³-hybridized carbons (Fsp3) is 0.933. The van der Waals surface area contributed by atoms with E-state index in [0.29, 0.717) is 28.6 Å². The molecule has 1 heterocycles.